The summed E-state index contributed by atoms with van der Waals surface area (Å²) in [6.07, 6.45) is 5.32. The maximum atomic E-state index is 4.85. The Morgan fingerprint density at radius 2 is 2.00 bits per heavy atom. The highest BCUT2D eigenvalue weighted by molar-refractivity contribution is 9.10. The van der Waals surface area contributed by atoms with E-state index in [4.69, 9.17) is 4.98 Å². The highest BCUT2D eigenvalue weighted by atomic mass is 79.9. The summed E-state index contributed by atoms with van der Waals surface area (Å²) in [5.41, 5.74) is 2.47. The molecule has 0 saturated heterocycles. The molecule has 2 saturated carbocycles. The highest BCUT2D eigenvalue weighted by Gasteiger charge is 2.35. The molecule has 0 N–H and O–H groups in total. The summed E-state index contributed by atoms with van der Waals surface area (Å²) in [5, 5.41) is 0. The maximum absolute atomic E-state index is 4.85. The lowest BCUT2D eigenvalue weighted by Gasteiger charge is -2.05. The topological polar surface area (TPSA) is 17.8 Å². The van der Waals surface area contributed by atoms with E-state index in [-0.39, 0.29) is 0 Å². The number of rotatable bonds is 2. The average Bonchev–Trinajstić information content (AvgIpc) is 3.16. The van der Waals surface area contributed by atoms with Crippen molar-refractivity contribution in [3.05, 3.63) is 28.5 Å². The number of benzene rings is 1. The zero-order chi connectivity index (χ0) is 10.7. The van der Waals surface area contributed by atoms with Crippen LogP contribution in [0.4, 0.5) is 0 Å². The monoisotopic (exact) mass is 276 g/mol. The zero-order valence-corrected chi connectivity index (χ0v) is 10.6. The summed E-state index contributed by atoms with van der Waals surface area (Å²) in [6, 6.07) is 7.14. The van der Waals surface area contributed by atoms with Crippen LogP contribution in [0.3, 0.4) is 0 Å². The van der Waals surface area contributed by atoms with Crippen LogP contribution < -0.4 is 0 Å². The first kappa shape index (κ1) is 9.23. The van der Waals surface area contributed by atoms with E-state index in [2.05, 4.69) is 38.7 Å². The molecule has 0 radical (unpaired) electrons. The van der Waals surface area contributed by atoms with Crippen molar-refractivity contribution in [1.29, 1.82) is 0 Å². The summed E-state index contributed by atoms with van der Waals surface area (Å²) in [5.74, 6) is 2.07. The molecule has 2 aliphatic rings. The maximum Gasteiger partial charge on any atom is 0.113 e. The number of fused-ring (bicyclic) bond motifs is 1. The van der Waals surface area contributed by atoms with E-state index in [0.29, 0.717) is 0 Å². The van der Waals surface area contributed by atoms with Gasteiger partial charge in [-0.15, -0.1) is 0 Å². The molecule has 3 heteroatoms. The van der Waals surface area contributed by atoms with Crippen LogP contribution in [-0.4, -0.2) is 9.55 Å². The second kappa shape index (κ2) is 3.10. The summed E-state index contributed by atoms with van der Waals surface area (Å²) in [7, 11) is 0. The van der Waals surface area contributed by atoms with Crippen molar-refractivity contribution < 1.29 is 0 Å². The van der Waals surface area contributed by atoms with E-state index in [1.165, 1.54) is 37.0 Å². The van der Waals surface area contributed by atoms with Crippen LogP contribution >= 0.6 is 15.9 Å². The summed E-state index contributed by atoms with van der Waals surface area (Å²) < 4.78 is 3.63. The van der Waals surface area contributed by atoms with Gasteiger partial charge >= 0.3 is 0 Å². The predicted octanol–water partition coefficient (Wildman–Crippen LogP) is 4.01. The number of imidazole rings is 1. The standard InChI is InChI=1S/C13H13BrN2/c14-10-2-1-3-11-12(10)15-13(8-4-5-8)16(11)9-6-7-9/h1-3,8-9H,4-7H2. The third-order valence-corrected chi connectivity index (χ3v) is 4.19. The summed E-state index contributed by atoms with van der Waals surface area (Å²) in [4.78, 5) is 4.85. The lowest BCUT2D eigenvalue weighted by Crippen LogP contribution is -1.99. The minimum Gasteiger partial charge on any atom is -0.325 e. The minimum atomic E-state index is 0.731. The molecule has 0 atom stereocenters. The van der Waals surface area contributed by atoms with E-state index < -0.39 is 0 Å². The summed E-state index contributed by atoms with van der Waals surface area (Å²) >= 11 is 3.61. The molecular formula is C13H13BrN2. The molecule has 2 aliphatic carbocycles. The van der Waals surface area contributed by atoms with Gasteiger partial charge in [-0.3, -0.25) is 0 Å². The number of aromatic nitrogens is 2. The van der Waals surface area contributed by atoms with Gasteiger partial charge < -0.3 is 4.57 Å². The van der Waals surface area contributed by atoms with Crippen LogP contribution in [0.15, 0.2) is 22.7 Å². The molecule has 1 aromatic carbocycles. The zero-order valence-electron chi connectivity index (χ0n) is 8.99. The van der Waals surface area contributed by atoms with Crippen molar-refractivity contribution in [2.75, 3.05) is 0 Å². The first-order valence-corrected chi connectivity index (χ1v) is 6.80. The highest BCUT2D eigenvalue weighted by Crippen LogP contribution is 2.47. The van der Waals surface area contributed by atoms with Crippen molar-refractivity contribution >= 4 is 27.0 Å². The number of hydrogen-bond acceptors (Lipinski definition) is 1. The van der Waals surface area contributed by atoms with Crippen molar-refractivity contribution in [2.24, 2.45) is 0 Å². The number of halogens is 1. The van der Waals surface area contributed by atoms with Crippen LogP contribution in [0.5, 0.6) is 0 Å². The van der Waals surface area contributed by atoms with E-state index in [1.54, 1.807) is 0 Å². The lowest BCUT2D eigenvalue weighted by atomic mass is 10.3. The predicted molar refractivity (Wildman–Crippen MR) is 67.7 cm³/mol. The third-order valence-electron chi connectivity index (χ3n) is 3.55. The molecule has 0 spiro atoms. The molecule has 1 heterocycles. The Balaban J connectivity index is 2.04. The second-order valence-corrected chi connectivity index (χ2v) is 5.81. The fourth-order valence-electron chi connectivity index (χ4n) is 2.45. The van der Waals surface area contributed by atoms with Crippen molar-refractivity contribution in [3.63, 3.8) is 0 Å². The number of hydrogen-bond donors (Lipinski definition) is 0. The number of para-hydroxylation sites is 1. The Hall–Kier alpha value is -0.830. The van der Waals surface area contributed by atoms with Crippen molar-refractivity contribution in [3.8, 4) is 0 Å². The Morgan fingerprint density at radius 1 is 1.19 bits per heavy atom. The average molecular weight is 277 g/mol. The molecule has 1 aromatic heterocycles. The van der Waals surface area contributed by atoms with Gasteiger partial charge in [0.05, 0.1) is 5.52 Å². The molecule has 2 nitrogen and oxygen atoms in total. The van der Waals surface area contributed by atoms with Gasteiger partial charge in [0, 0.05) is 16.4 Å². The number of nitrogens with zero attached hydrogens (tertiary/aromatic N) is 2. The van der Waals surface area contributed by atoms with Gasteiger partial charge in [0.15, 0.2) is 0 Å². The van der Waals surface area contributed by atoms with Gasteiger partial charge in [-0.05, 0) is 53.7 Å². The smallest absolute Gasteiger partial charge is 0.113 e. The van der Waals surface area contributed by atoms with E-state index in [1.807, 2.05) is 0 Å². The van der Waals surface area contributed by atoms with Crippen molar-refractivity contribution in [2.45, 2.75) is 37.6 Å². The Labute approximate surface area is 103 Å². The Morgan fingerprint density at radius 3 is 2.69 bits per heavy atom. The lowest BCUT2D eigenvalue weighted by molar-refractivity contribution is 0.703. The van der Waals surface area contributed by atoms with Crippen molar-refractivity contribution in [1.82, 2.24) is 9.55 Å². The largest absolute Gasteiger partial charge is 0.325 e. The van der Waals surface area contributed by atoms with Gasteiger partial charge in [0.25, 0.3) is 0 Å². The van der Waals surface area contributed by atoms with Crippen LogP contribution in [0, 0.1) is 0 Å². The normalized spacial score (nSPS) is 20.6. The molecule has 0 amide bonds. The van der Waals surface area contributed by atoms with Gasteiger partial charge in [-0.25, -0.2) is 4.98 Å². The molecule has 2 fully saturated rings. The first-order chi connectivity index (χ1) is 7.84. The van der Waals surface area contributed by atoms with Gasteiger partial charge in [-0.1, -0.05) is 6.07 Å². The Bertz CT molecular complexity index is 565. The second-order valence-electron chi connectivity index (χ2n) is 4.95. The molecule has 4 rings (SSSR count). The van der Waals surface area contributed by atoms with Crippen LogP contribution in [0.25, 0.3) is 11.0 Å². The fraction of sp³-hybridized carbons (Fsp3) is 0.462. The SMILES string of the molecule is Brc1cccc2c1nc(C1CC1)n2C1CC1. The molecule has 16 heavy (non-hydrogen) atoms. The first-order valence-electron chi connectivity index (χ1n) is 6.01. The van der Waals surface area contributed by atoms with E-state index in [9.17, 15) is 0 Å². The van der Waals surface area contributed by atoms with Gasteiger partial charge in [0.1, 0.15) is 11.3 Å². The van der Waals surface area contributed by atoms with Gasteiger partial charge in [-0.2, -0.15) is 0 Å². The quantitative estimate of drug-likeness (QED) is 0.811. The van der Waals surface area contributed by atoms with E-state index >= 15 is 0 Å². The molecule has 0 aliphatic heterocycles. The molecule has 2 aromatic rings. The van der Waals surface area contributed by atoms with Crippen LogP contribution in [0.2, 0.25) is 0 Å². The van der Waals surface area contributed by atoms with Gasteiger partial charge in [0.2, 0.25) is 0 Å². The van der Waals surface area contributed by atoms with Crippen LogP contribution in [-0.2, 0) is 0 Å². The minimum absolute atomic E-state index is 0.731. The molecule has 0 unspecified atom stereocenters. The fourth-order valence-corrected chi connectivity index (χ4v) is 2.89. The summed E-state index contributed by atoms with van der Waals surface area (Å²) in [6.45, 7) is 0. The molecule has 82 valence electrons. The van der Waals surface area contributed by atoms with Crippen LogP contribution in [0.1, 0.15) is 43.5 Å². The molecule has 0 bridgehead atoms. The third kappa shape index (κ3) is 1.27. The van der Waals surface area contributed by atoms with E-state index in [0.717, 1.165) is 21.9 Å². The Kier molecular flexibility index (Phi) is 1.79. The molecular weight excluding hydrogens is 264 g/mol.